The molecule has 20 heavy (non-hydrogen) atoms. The second-order valence-electron chi connectivity index (χ2n) is 6.37. The van der Waals surface area contributed by atoms with Crippen molar-refractivity contribution < 1.29 is 0 Å². The minimum Gasteiger partial charge on any atom is -0.396 e. The Kier molecular flexibility index (Phi) is 2.79. The number of para-hydroxylation sites is 1. The molecule has 2 saturated carbocycles. The number of hydrogen-bond acceptors (Lipinski definition) is 3. The van der Waals surface area contributed by atoms with Crippen molar-refractivity contribution in [3.63, 3.8) is 0 Å². The van der Waals surface area contributed by atoms with Crippen LogP contribution in [0.3, 0.4) is 0 Å². The van der Waals surface area contributed by atoms with Crippen LogP contribution in [0.15, 0.2) is 30.5 Å². The predicted molar refractivity (Wildman–Crippen MR) is 83.8 cm³/mol. The van der Waals surface area contributed by atoms with Gasteiger partial charge < -0.3 is 10.6 Å². The molecule has 2 fully saturated rings. The van der Waals surface area contributed by atoms with Crippen molar-refractivity contribution in [3.05, 3.63) is 30.5 Å². The highest BCUT2D eigenvalue weighted by atomic mass is 15.2. The smallest absolute Gasteiger partial charge is 0.0745 e. The van der Waals surface area contributed by atoms with Crippen molar-refractivity contribution >= 4 is 22.3 Å². The van der Waals surface area contributed by atoms with Gasteiger partial charge in [-0.3, -0.25) is 4.98 Å². The summed E-state index contributed by atoms with van der Waals surface area (Å²) in [4.78, 5) is 7.00. The van der Waals surface area contributed by atoms with Crippen LogP contribution >= 0.6 is 0 Å². The average molecular weight is 267 g/mol. The molecule has 0 amide bonds. The maximum Gasteiger partial charge on any atom is 0.0745 e. The van der Waals surface area contributed by atoms with Gasteiger partial charge in [0.1, 0.15) is 0 Å². The number of fused-ring (bicyclic) bond motifs is 1. The number of anilines is 2. The molecule has 2 aliphatic rings. The van der Waals surface area contributed by atoms with Gasteiger partial charge in [0.15, 0.2) is 0 Å². The average Bonchev–Trinajstić information content (AvgIpc) is 3.34. The Hall–Kier alpha value is -1.77. The zero-order valence-electron chi connectivity index (χ0n) is 11.8. The Bertz CT molecular complexity index is 615. The summed E-state index contributed by atoms with van der Waals surface area (Å²) in [5.74, 6) is 1.75. The molecule has 2 N–H and O–H groups in total. The number of hydrogen-bond donors (Lipinski definition) is 1. The fourth-order valence-corrected chi connectivity index (χ4v) is 2.98. The van der Waals surface area contributed by atoms with E-state index in [4.69, 9.17) is 5.73 Å². The standard InChI is InChI=1S/C17H21N3/c18-15-9-19-16-4-2-1-3-14(16)17(15)20(10-12-5-6-12)11-13-7-8-13/h1-4,9,12-13H,5-8,10-11,18H2. The molecule has 3 nitrogen and oxygen atoms in total. The van der Waals surface area contributed by atoms with Crippen LogP contribution in [-0.4, -0.2) is 18.1 Å². The van der Waals surface area contributed by atoms with E-state index in [-0.39, 0.29) is 0 Å². The van der Waals surface area contributed by atoms with E-state index in [1.165, 1.54) is 36.8 Å². The Morgan fingerprint density at radius 1 is 1.05 bits per heavy atom. The van der Waals surface area contributed by atoms with Crippen LogP contribution in [0.5, 0.6) is 0 Å². The van der Waals surface area contributed by atoms with Crippen molar-refractivity contribution in [1.82, 2.24) is 4.98 Å². The van der Waals surface area contributed by atoms with Crippen LogP contribution in [0, 0.1) is 11.8 Å². The molecular formula is C17H21N3. The van der Waals surface area contributed by atoms with Crippen molar-refractivity contribution in [2.45, 2.75) is 25.7 Å². The molecule has 0 radical (unpaired) electrons. The summed E-state index contributed by atoms with van der Waals surface area (Å²) >= 11 is 0. The number of pyridine rings is 1. The van der Waals surface area contributed by atoms with E-state index in [0.717, 1.165) is 36.1 Å². The lowest BCUT2D eigenvalue weighted by molar-refractivity contribution is 0.682. The number of nitrogens with two attached hydrogens (primary N) is 1. The van der Waals surface area contributed by atoms with E-state index in [9.17, 15) is 0 Å². The van der Waals surface area contributed by atoms with Gasteiger partial charge in [-0.15, -0.1) is 0 Å². The molecule has 2 aliphatic carbocycles. The third-order valence-electron chi connectivity index (χ3n) is 4.44. The molecule has 1 heterocycles. The molecule has 1 aromatic heterocycles. The van der Waals surface area contributed by atoms with Gasteiger partial charge in [-0.25, -0.2) is 0 Å². The highest BCUT2D eigenvalue weighted by molar-refractivity contribution is 5.97. The Morgan fingerprint density at radius 2 is 1.70 bits per heavy atom. The third kappa shape index (κ3) is 2.33. The minimum absolute atomic E-state index is 0.824. The van der Waals surface area contributed by atoms with E-state index in [1.807, 2.05) is 12.3 Å². The summed E-state index contributed by atoms with van der Waals surface area (Å²) in [6.07, 6.45) is 7.34. The van der Waals surface area contributed by atoms with E-state index in [0.29, 0.717) is 0 Å². The van der Waals surface area contributed by atoms with Gasteiger partial charge in [0, 0.05) is 18.5 Å². The van der Waals surface area contributed by atoms with Crippen molar-refractivity contribution in [3.8, 4) is 0 Å². The summed E-state index contributed by atoms with van der Waals surface area (Å²) in [6, 6.07) is 8.35. The highest BCUT2D eigenvalue weighted by Crippen LogP contribution is 2.39. The first-order valence-corrected chi connectivity index (χ1v) is 7.69. The Morgan fingerprint density at radius 3 is 2.35 bits per heavy atom. The van der Waals surface area contributed by atoms with E-state index >= 15 is 0 Å². The molecule has 0 saturated heterocycles. The van der Waals surface area contributed by atoms with Gasteiger partial charge in [-0.1, -0.05) is 18.2 Å². The Balaban J connectivity index is 1.77. The van der Waals surface area contributed by atoms with Crippen LogP contribution in [0.25, 0.3) is 10.9 Å². The molecule has 104 valence electrons. The predicted octanol–water partition coefficient (Wildman–Crippen LogP) is 3.44. The molecule has 2 aromatic rings. The van der Waals surface area contributed by atoms with Crippen LogP contribution in [0.4, 0.5) is 11.4 Å². The minimum atomic E-state index is 0.824. The van der Waals surface area contributed by atoms with Gasteiger partial charge in [0.05, 0.1) is 23.1 Å². The maximum absolute atomic E-state index is 6.28. The summed E-state index contributed by atoms with van der Waals surface area (Å²) in [7, 11) is 0. The van der Waals surface area contributed by atoms with Gasteiger partial charge in [0.2, 0.25) is 0 Å². The second kappa shape index (κ2) is 4.65. The van der Waals surface area contributed by atoms with Gasteiger partial charge >= 0.3 is 0 Å². The first kappa shape index (κ1) is 12.0. The van der Waals surface area contributed by atoms with Crippen LogP contribution in [-0.2, 0) is 0 Å². The molecule has 0 atom stereocenters. The summed E-state index contributed by atoms with van der Waals surface area (Å²) in [6.45, 7) is 2.32. The van der Waals surface area contributed by atoms with E-state index in [1.54, 1.807) is 0 Å². The number of nitrogen functional groups attached to an aromatic ring is 1. The summed E-state index contributed by atoms with van der Waals surface area (Å²) in [5, 5.41) is 1.20. The molecule has 0 bridgehead atoms. The zero-order valence-corrected chi connectivity index (χ0v) is 11.8. The lowest BCUT2D eigenvalue weighted by Gasteiger charge is -2.27. The zero-order chi connectivity index (χ0) is 13.5. The van der Waals surface area contributed by atoms with E-state index < -0.39 is 0 Å². The van der Waals surface area contributed by atoms with E-state index in [2.05, 4.69) is 28.1 Å². The number of nitrogens with zero attached hydrogens (tertiary/aromatic N) is 2. The first-order valence-electron chi connectivity index (χ1n) is 7.69. The fraction of sp³-hybridized carbons (Fsp3) is 0.471. The lowest BCUT2D eigenvalue weighted by atomic mass is 10.1. The van der Waals surface area contributed by atoms with Crippen molar-refractivity contribution in [2.75, 3.05) is 23.7 Å². The summed E-state index contributed by atoms with van der Waals surface area (Å²) < 4.78 is 0. The number of benzene rings is 1. The lowest BCUT2D eigenvalue weighted by Crippen LogP contribution is -2.29. The first-order chi connectivity index (χ1) is 9.81. The monoisotopic (exact) mass is 267 g/mol. The maximum atomic E-state index is 6.28. The van der Waals surface area contributed by atoms with Crippen LogP contribution in [0.1, 0.15) is 25.7 Å². The molecule has 1 aromatic carbocycles. The SMILES string of the molecule is Nc1cnc2ccccc2c1N(CC1CC1)CC1CC1. The van der Waals surface area contributed by atoms with Crippen molar-refractivity contribution in [1.29, 1.82) is 0 Å². The van der Waals surface area contributed by atoms with Gasteiger partial charge in [0.25, 0.3) is 0 Å². The Labute approximate surface area is 119 Å². The topological polar surface area (TPSA) is 42.1 Å². The van der Waals surface area contributed by atoms with Gasteiger partial charge in [-0.2, -0.15) is 0 Å². The number of rotatable bonds is 5. The molecule has 0 spiro atoms. The van der Waals surface area contributed by atoms with Gasteiger partial charge in [-0.05, 0) is 43.6 Å². The second-order valence-corrected chi connectivity index (χ2v) is 6.37. The molecule has 0 aliphatic heterocycles. The largest absolute Gasteiger partial charge is 0.396 e. The quantitative estimate of drug-likeness (QED) is 0.902. The third-order valence-corrected chi connectivity index (χ3v) is 4.44. The van der Waals surface area contributed by atoms with Crippen molar-refractivity contribution in [2.24, 2.45) is 11.8 Å². The van der Waals surface area contributed by atoms with Crippen LogP contribution < -0.4 is 10.6 Å². The normalized spacial score (nSPS) is 18.4. The molecule has 4 rings (SSSR count). The highest BCUT2D eigenvalue weighted by Gasteiger charge is 2.30. The van der Waals surface area contributed by atoms with Crippen LogP contribution in [0.2, 0.25) is 0 Å². The summed E-state index contributed by atoms with van der Waals surface area (Å²) in [5.41, 5.74) is 9.37. The molecular weight excluding hydrogens is 246 g/mol. The molecule has 3 heteroatoms. The molecule has 0 unspecified atom stereocenters. The fourth-order valence-electron chi connectivity index (χ4n) is 2.98. The number of aromatic nitrogens is 1.